The van der Waals surface area contributed by atoms with Gasteiger partial charge in [0.2, 0.25) is 5.91 Å². The van der Waals surface area contributed by atoms with Gasteiger partial charge in [-0.2, -0.15) is 0 Å². The number of rotatable bonds is 6. The SMILES string of the molecule is COCCC(=O)N1CCc2cc(=O)n(CCc3ccccc3)cc2C1. The number of aryl methyl sites for hydroxylation is 2. The summed E-state index contributed by atoms with van der Waals surface area (Å²) in [4.78, 5) is 26.4. The van der Waals surface area contributed by atoms with Crippen molar-refractivity contribution in [2.75, 3.05) is 20.3 Å². The third-order valence-electron chi connectivity index (χ3n) is 4.67. The van der Waals surface area contributed by atoms with Crippen LogP contribution in [0.5, 0.6) is 0 Å². The van der Waals surface area contributed by atoms with E-state index in [0.717, 1.165) is 24.0 Å². The van der Waals surface area contributed by atoms with E-state index in [4.69, 9.17) is 4.74 Å². The first-order chi connectivity index (χ1) is 12.2. The molecule has 0 bridgehead atoms. The fourth-order valence-electron chi connectivity index (χ4n) is 3.20. The van der Waals surface area contributed by atoms with Gasteiger partial charge in [-0.25, -0.2) is 0 Å². The van der Waals surface area contributed by atoms with Crippen molar-refractivity contribution in [3.63, 3.8) is 0 Å². The lowest BCUT2D eigenvalue weighted by Crippen LogP contribution is -2.37. The number of hydrogen-bond donors (Lipinski definition) is 0. The molecule has 1 aromatic heterocycles. The average Bonchev–Trinajstić information content (AvgIpc) is 2.65. The number of carbonyl (C=O) groups is 1. The first kappa shape index (κ1) is 17.4. The summed E-state index contributed by atoms with van der Waals surface area (Å²) in [5.41, 5.74) is 3.39. The first-order valence-electron chi connectivity index (χ1n) is 8.70. The van der Waals surface area contributed by atoms with Crippen LogP contribution in [0.1, 0.15) is 23.1 Å². The number of hydrogen-bond acceptors (Lipinski definition) is 3. The van der Waals surface area contributed by atoms with Crippen LogP contribution in [-0.2, 0) is 35.5 Å². The average molecular weight is 340 g/mol. The van der Waals surface area contributed by atoms with Crippen molar-refractivity contribution in [1.29, 1.82) is 0 Å². The van der Waals surface area contributed by atoms with Gasteiger partial charge in [-0.3, -0.25) is 9.59 Å². The van der Waals surface area contributed by atoms with Crippen molar-refractivity contribution in [2.45, 2.75) is 32.4 Å². The van der Waals surface area contributed by atoms with E-state index in [2.05, 4.69) is 12.1 Å². The molecule has 1 aliphatic heterocycles. The van der Waals surface area contributed by atoms with Crippen LogP contribution in [0.2, 0.25) is 0 Å². The first-order valence-corrected chi connectivity index (χ1v) is 8.70. The molecule has 0 saturated carbocycles. The van der Waals surface area contributed by atoms with E-state index < -0.39 is 0 Å². The second-order valence-corrected chi connectivity index (χ2v) is 6.40. The van der Waals surface area contributed by atoms with E-state index in [1.807, 2.05) is 29.3 Å². The molecule has 5 nitrogen and oxygen atoms in total. The fourth-order valence-corrected chi connectivity index (χ4v) is 3.20. The largest absolute Gasteiger partial charge is 0.384 e. The number of carbonyl (C=O) groups excluding carboxylic acids is 1. The Morgan fingerprint density at radius 3 is 2.76 bits per heavy atom. The minimum absolute atomic E-state index is 0.0360. The summed E-state index contributed by atoms with van der Waals surface area (Å²) in [5.74, 6) is 0.106. The van der Waals surface area contributed by atoms with E-state index in [9.17, 15) is 9.59 Å². The molecule has 0 unspecified atom stereocenters. The minimum atomic E-state index is 0.0360. The molecule has 0 atom stereocenters. The summed E-state index contributed by atoms with van der Waals surface area (Å²) in [6.07, 6.45) is 3.88. The number of fused-ring (bicyclic) bond motifs is 1. The van der Waals surface area contributed by atoms with Gasteiger partial charge >= 0.3 is 0 Å². The van der Waals surface area contributed by atoms with Crippen LogP contribution in [0.25, 0.3) is 0 Å². The lowest BCUT2D eigenvalue weighted by Gasteiger charge is -2.29. The summed E-state index contributed by atoms with van der Waals surface area (Å²) in [6.45, 7) is 2.33. The maximum atomic E-state index is 12.3. The number of nitrogens with zero attached hydrogens (tertiary/aromatic N) is 2. The molecule has 132 valence electrons. The van der Waals surface area contributed by atoms with Crippen molar-refractivity contribution in [3.05, 3.63) is 69.6 Å². The molecule has 3 rings (SSSR count). The molecule has 0 spiro atoms. The van der Waals surface area contributed by atoms with Crippen LogP contribution in [0, 0.1) is 0 Å². The Labute approximate surface area is 147 Å². The Bertz CT molecular complexity index is 783. The zero-order chi connectivity index (χ0) is 17.6. The molecule has 5 heteroatoms. The second-order valence-electron chi connectivity index (χ2n) is 6.40. The summed E-state index contributed by atoms with van der Waals surface area (Å²) in [6, 6.07) is 11.9. The molecule has 0 N–H and O–H groups in total. The van der Waals surface area contributed by atoms with Crippen LogP contribution < -0.4 is 5.56 Å². The van der Waals surface area contributed by atoms with Gasteiger partial charge in [-0.1, -0.05) is 30.3 Å². The summed E-state index contributed by atoms with van der Waals surface area (Å²) in [5, 5.41) is 0. The van der Waals surface area contributed by atoms with Crippen molar-refractivity contribution < 1.29 is 9.53 Å². The molecule has 2 aromatic rings. The Hall–Kier alpha value is -2.40. The lowest BCUT2D eigenvalue weighted by atomic mass is 10.0. The number of benzene rings is 1. The molecule has 0 aliphatic carbocycles. The van der Waals surface area contributed by atoms with Gasteiger partial charge in [0.05, 0.1) is 13.0 Å². The molecule has 2 heterocycles. The van der Waals surface area contributed by atoms with Gasteiger partial charge in [0.1, 0.15) is 0 Å². The highest BCUT2D eigenvalue weighted by Gasteiger charge is 2.21. The van der Waals surface area contributed by atoms with Gasteiger partial charge in [-0.05, 0) is 29.5 Å². The highest BCUT2D eigenvalue weighted by atomic mass is 16.5. The summed E-state index contributed by atoms with van der Waals surface area (Å²) >= 11 is 0. The molecule has 0 radical (unpaired) electrons. The van der Waals surface area contributed by atoms with Crippen LogP contribution in [0.3, 0.4) is 0 Å². The van der Waals surface area contributed by atoms with Crippen molar-refractivity contribution in [1.82, 2.24) is 9.47 Å². The zero-order valence-electron chi connectivity index (χ0n) is 14.6. The van der Waals surface area contributed by atoms with Crippen molar-refractivity contribution in [2.24, 2.45) is 0 Å². The van der Waals surface area contributed by atoms with E-state index >= 15 is 0 Å². The number of methoxy groups -OCH3 is 1. The molecule has 0 saturated heterocycles. The summed E-state index contributed by atoms with van der Waals surface area (Å²) in [7, 11) is 1.60. The maximum Gasteiger partial charge on any atom is 0.250 e. The third-order valence-corrected chi connectivity index (χ3v) is 4.67. The highest BCUT2D eigenvalue weighted by molar-refractivity contribution is 5.76. The van der Waals surface area contributed by atoms with E-state index in [1.165, 1.54) is 5.56 Å². The van der Waals surface area contributed by atoms with Gasteiger partial charge < -0.3 is 14.2 Å². The molecular formula is C20H24N2O3. The third kappa shape index (κ3) is 4.37. The van der Waals surface area contributed by atoms with E-state index in [0.29, 0.717) is 32.7 Å². The monoisotopic (exact) mass is 340 g/mol. The van der Waals surface area contributed by atoms with Crippen LogP contribution in [-0.4, -0.2) is 35.6 Å². The molecule has 1 amide bonds. The Morgan fingerprint density at radius 1 is 1.20 bits per heavy atom. The standard InChI is InChI=1S/C20H24N2O3/c1-25-12-9-19(23)21-11-8-17-13-20(24)22(15-18(17)14-21)10-7-16-5-3-2-4-6-16/h2-6,13,15H,7-12,14H2,1H3. The normalized spacial score (nSPS) is 13.6. The van der Waals surface area contributed by atoms with Gasteiger partial charge in [-0.15, -0.1) is 0 Å². The van der Waals surface area contributed by atoms with Gasteiger partial charge in [0.25, 0.3) is 5.56 Å². The quantitative estimate of drug-likeness (QED) is 0.808. The van der Waals surface area contributed by atoms with E-state index in [-0.39, 0.29) is 11.5 Å². The van der Waals surface area contributed by atoms with Gasteiger partial charge in [0, 0.05) is 39.0 Å². The highest BCUT2D eigenvalue weighted by Crippen LogP contribution is 2.18. The van der Waals surface area contributed by atoms with Crippen LogP contribution >= 0.6 is 0 Å². The minimum Gasteiger partial charge on any atom is -0.384 e. The van der Waals surface area contributed by atoms with Crippen molar-refractivity contribution in [3.8, 4) is 0 Å². The molecule has 25 heavy (non-hydrogen) atoms. The maximum absolute atomic E-state index is 12.3. The predicted octanol–water partition coefficient (Wildman–Crippen LogP) is 2.01. The van der Waals surface area contributed by atoms with Crippen LogP contribution in [0.4, 0.5) is 0 Å². The summed E-state index contributed by atoms with van der Waals surface area (Å²) < 4.78 is 6.75. The number of amides is 1. The number of aromatic nitrogens is 1. The van der Waals surface area contributed by atoms with Gasteiger partial charge in [0.15, 0.2) is 0 Å². The Morgan fingerprint density at radius 2 is 2.00 bits per heavy atom. The topological polar surface area (TPSA) is 51.5 Å². The smallest absolute Gasteiger partial charge is 0.250 e. The number of pyridine rings is 1. The molecule has 1 aliphatic rings. The number of ether oxygens (including phenoxy) is 1. The predicted molar refractivity (Wildman–Crippen MR) is 96.5 cm³/mol. The molecule has 1 aromatic carbocycles. The molecular weight excluding hydrogens is 316 g/mol. The lowest BCUT2D eigenvalue weighted by molar-refractivity contribution is -0.133. The Balaban J connectivity index is 1.71. The molecule has 0 fully saturated rings. The fraction of sp³-hybridized carbons (Fsp3) is 0.400. The van der Waals surface area contributed by atoms with Crippen molar-refractivity contribution >= 4 is 5.91 Å². The van der Waals surface area contributed by atoms with Crippen LogP contribution in [0.15, 0.2) is 47.4 Å². The zero-order valence-corrected chi connectivity index (χ0v) is 14.6. The Kier molecular flexibility index (Phi) is 5.66. The van der Waals surface area contributed by atoms with E-state index in [1.54, 1.807) is 17.7 Å². The second kappa shape index (κ2) is 8.12.